The standard InChI is InChI=1S/C18H21NOS/c1-12-7-5-10-16(11-12)21-15(4)18(20)19-17-13(2)8-6-9-14(17)3/h5-11,15H,1-4H3,(H,19,20). The minimum atomic E-state index is -0.134. The second-order valence-corrected chi connectivity index (χ2v) is 6.75. The molecule has 0 aliphatic heterocycles. The van der Waals surface area contributed by atoms with Crippen LogP contribution < -0.4 is 5.32 Å². The molecule has 0 aliphatic rings. The Labute approximate surface area is 131 Å². The molecule has 3 heteroatoms. The molecule has 0 heterocycles. The number of aryl methyl sites for hydroxylation is 3. The molecule has 0 saturated carbocycles. The van der Waals surface area contributed by atoms with Gasteiger partial charge >= 0.3 is 0 Å². The topological polar surface area (TPSA) is 29.1 Å². The molecule has 110 valence electrons. The minimum Gasteiger partial charge on any atom is -0.325 e. The first-order valence-corrected chi connectivity index (χ1v) is 7.96. The number of amides is 1. The molecule has 2 aromatic rings. The summed E-state index contributed by atoms with van der Waals surface area (Å²) in [7, 11) is 0. The summed E-state index contributed by atoms with van der Waals surface area (Å²) in [6.07, 6.45) is 0. The van der Waals surface area contributed by atoms with E-state index >= 15 is 0 Å². The van der Waals surface area contributed by atoms with Crippen molar-refractivity contribution in [3.8, 4) is 0 Å². The van der Waals surface area contributed by atoms with Crippen molar-refractivity contribution in [3.05, 3.63) is 59.2 Å². The smallest absolute Gasteiger partial charge is 0.237 e. The van der Waals surface area contributed by atoms with Crippen molar-refractivity contribution in [1.82, 2.24) is 0 Å². The van der Waals surface area contributed by atoms with Gasteiger partial charge in [-0.2, -0.15) is 0 Å². The summed E-state index contributed by atoms with van der Waals surface area (Å²) in [6.45, 7) is 8.03. The number of benzene rings is 2. The zero-order valence-corrected chi connectivity index (χ0v) is 13.8. The van der Waals surface area contributed by atoms with E-state index in [9.17, 15) is 4.79 Å². The van der Waals surface area contributed by atoms with E-state index in [1.165, 1.54) is 5.56 Å². The van der Waals surface area contributed by atoms with Gasteiger partial charge in [0.2, 0.25) is 5.91 Å². The molecule has 0 fully saturated rings. The zero-order chi connectivity index (χ0) is 15.4. The van der Waals surface area contributed by atoms with Crippen LogP contribution in [-0.2, 0) is 4.79 Å². The maximum absolute atomic E-state index is 12.4. The van der Waals surface area contributed by atoms with Crippen molar-refractivity contribution < 1.29 is 4.79 Å². The van der Waals surface area contributed by atoms with E-state index in [1.807, 2.05) is 51.1 Å². The summed E-state index contributed by atoms with van der Waals surface area (Å²) in [4.78, 5) is 13.5. The number of para-hydroxylation sites is 1. The third-order valence-corrected chi connectivity index (χ3v) is 4.49. The normalized spacial score (nSPS) is 12.0. The number of nitrogens with one attached hydrogen (secondary N) is 1. The minimum absolute atomic E-state index is 0.0407. The van der Waals surface area contributed by atoms with Crippen LogP contribution in [-0.4, -0.2) is 11.2 Å². The molecule has 21 heavy (non-hydrogen) atoms. The predicted molar refractivity (Wildman–Crippen MR) is 91.0 cm³/mol. The van der Waals surface area contributed by atoms with Crippen LogP contribution in [0.15, 0.2) is 47.4 Å². The summed E-state index contributed by atoms with van der Waals surface area (Å²) in [5, 5.41) is 2.92. The average molecular weight is 299 g/mol. The van der Waals surface area contributed by atoms with Crippen LogP contribution in [0, 0.1) is 20.8 Å². The van der Waals surface area contributed by atoms with E-state index in [4.69, 9.17) is 0 Å². The lowest BCUT2D eigenvalue weighted by atomic mass is 10.1. The van der Waals surface area contributed by atoms with Gasteiger partial charge in [-0.15, -0.1) is 11.8 Å². The third kappa shape index (κ3) is 4.11. The SMILES string of the molecule is Cc1cccc(SC(C)C(=O)Nc2c(C)cccc2C)c1. The Kier molecular flexibility index (Phi) is 5.07. The van der Waals surface area contributed by atoms with Gasteiger partial charge in [-0.1, -0.05) is 35.9 Å². The lowest BCUT2D eigenvalue weighted by molar-refractivity contribution is -0.115. The molecule has 0 radical (unpaired) electrons. The third-order valence-electron chi connectivity index (χ3n) is 3.40. The predicted octanol–water partition coefficient (Wildman–Crippen LogP) is 4.73. The van der Waals surface area contributed by atoms with Crippen molar-refractivity contribution in [1.29, 1.82) is 0 Å². The number of hydrogen-bond acceptors (Lipinski definition) is 2. The van der Waals surface area contributed by atoms with Gasteiger partial charge in [0, 0.05) is 10.6 Å². The van der Waals surface area contributed by atoms with E-state index in [0.717, 1.165) is 21.7 Å². The highest BCUT2D eigenvalue weighted by atomic mass is 32.2. The Morgan fingerprint density at radius 3 is 2.29 bits per heavy atom. The van der Waals surface area contributed by atoms with Gasteiger partial charge in [0.05, 0.1) is 5.25 Å². The first kappa shape index (κ1) is 15.6. The molecule has 0 saturated heterocycles. The molecule has 1 amide bonds. The van der Waals surface area contributed by atoms with Gasteiger partial charge in [-0.3, -0.25) is 4.79 Å². The molecule has 1 unspecified atom stereocenters. The van der Waals surface area contributed by atoms with Gasteiger partial charge in [0.15, 0.2) is 0 Å². The van der Waals surface area contributed by atoms with E-state index in [-0.39, 0.29) is 11.2 Å². The fraction of sp³-hybridized carbons (Fsp3) is 0.278. The van der Waals surface area contributed by atoms with Crippen LogP contribution in [0.4, 0.5) is 5.69 Å². The van der Waals surface area contributed by atoms with Gasteiger partial charge in [-0.25, -0.2) is 0 Å². The Morgan fingerprint density at radius 1 is 1.05 bits per heavy atom. The number of thioether (sulfide) groups is 1. The molecule has 0 spiro atoms. The largest absolute Gasteiger partial charge is 0.325 e. The Bertz CT molecular complexity index is 631. The summed E-state index contributed by atoms with van der Waals surface area (Å²) in [5.41, 5.74) is 4.33. The van der Waals surface area contributed by atoms with Gasteiger partial charge in [0.1, 0.15) is 0 Å². The van der Waals surface area contributed by atoms with Crippen molar-refractivity contribution in [3.63, 3.8) is 0 Å². The maximum atomic E-state index is 12.4. The van der Waals surface area contributed by atoms with E-state index in [1.54, 1.807) is 11.8 Å². The van der Waals surface area contributed by atoms with E-state index in [2.05, 4.69) is 24.4 Å². The number of hydrogen-bond donors (Lipinski definition) is 1. The molecule has 1 N–H and O–H groups in total. The quantitative estimate of drug-likeness (QED) is 0.827. The summed E-state index contributed by atoms with van der Waals surface area (Å²) < 4.78 is 0. The Hall–Kier alpha value is -1.74. The molecule has 2 nitrogen and oxygen atoms in total. The van der Waals surface area contributed by atoms with Crippen LogP contribution in [0.5, 0.6) is 0 Å². The number of carbonyl (C=O) groups is 1. The monoisotopic (exact) mass is 299 g/mol. The molecule has 0 aromatic heterocycles. The first-order chi connectivity index (χ1) is 9.97. The van der Waals surface area contributed by atoms with E-state index in [0.29, 0.717) is 0 Å². The second kappa shape index (κ2) is 6.81. The molecular formula is C18H21NOS. The molecular weight excluding hydrogens is 278 g/mol. The van der Waals surface area contributed by atoms with Crippen molar-refractivity contribution in [2.75, 3.05) is 5.32 Å². The van der Waals surface area contributed by atoms with Crippen LogP contribution in [0.1, 0.15) is 23.6 Å². The van der Waals surface area contributed by atoms with Crippen LogP contribution in [0.25, 0.3) is 0 Å². The number of carbonyl (C=O) groups excluding carboxylic acids is 1. The fourth-order valence-corrected chi connectivity index (χ4v) is 3.17. The zero-order valence-electron chi connectivity index (χ0n) is 12.9. The second-order valence-electron chi connectivity index (χ2n) is 5.33. The molecule has 0 bridgehead atoms. The number of anilines is 1. The summed E-state index contributed by atoms with van der Waals surface area (Å²) in [5.74, 6) is 0.0407. The highest BCUT2D eigenvalue weighted by molar-refractivity contribution is 8.00. The Balaban J connectivity index is 2.06. The molecule has 1 atom stereocenters. The van der Waals surface area contributed by atoms with Crippen molar-refractivity contribution >= 4 is 23.4 Å². The number of rotatable bonds is 4. The van der Waals surface area contributed by atoms with E-state index < -0.39 is 0 Å². The van der Waals surface area contributed by atoms with Crippen molar-refractivity contribution in [2.24, 2.45) is 0 Å². The highest BCUT2D eigenvalue weighted by Gasteiger charge is 2.16. The average Bonchev–Trinajstić information content (AvgIpc) is 2.43. The van der Waals surface area contributed by atoms with Crippen molar-refractivity contribution in [2.45, 2.75) is 37.8 Å². The fourth-order valence-electron chi connectivity index (χ4n) is 2.18. The van der Waals surface area contributed by atoms with Crippen LogP contribution in [0.2, 0.25) is 0 Å². The lowest BCUT2D eigenvalue weighted by Gasteiger charge is -2.15. The Morgan fingerprint density at radius 2 is 1.67 bits per heavy atom. The van der Waals surface area contributed by atoms with Gasteiger partial charge in [0.25, 0.3) is 0 Å². The molecule has 2 aromatic carbocycles. The molecule has 0 aliphatic carbocycles. The lowest BCUT2D eigenvalue weighted by Crippen LogP contribution is -2.23. The van der Waals surface area contributed by atoms with Crippen LogP contribution >= 0.6 is 11.8 Å². The van der Waals surface area contributed by atoms with Gasteiger partial charge < -0.3 is 5.32 Å². The maximum Gasteiger partial charge on any atom is 0.237 e. The summed E-state index contributed by atoms with van der Waals surface area (Å²) >= 11 is 1.58. The van der Waals surface area contributed by atoms with Gasteiger partial charge in [-0.05, 0) is 51.0 Å². The highest BCUT2D eigenvalue weighted by Crippen LogP contribution is 2.26. The van der Waals surface area contributed by atoms with Crippen LogP contribution in [0.3, 0.4) is 0 Å². The summed E-state index contributed by atoms with van der Waals surface area (Å²) in [6, 6.07) is 14.3. The first-order valence-electron chi connectivity index (χ1n) is 7.08. The molecule has 2 rings (SSSR count).